The minimum absolute atomic E-state index is 0.00272. The lowest BCUT2D eigenvalue weighted by molar-refractivity contribution is -0.0310. The lowest BCUT2D eigenvalue weighted by Gasteiger charge is -2.57. The van der Waals surface area contributed by atoms with Crippen molar-refractivity contribution < 1.29 is 9.53 Å². The van der Waals surface area contributed by atoms with Crippen LogP contribution in [0.25, 0.3) is 0 Å². The molecule has 1 heterocycles. The van der Waals surface area contributed by atoms with E-state index in [0.29, 0.717) is 19.7 Å². The Kier molecular flexibility index (Phi) is 3.77. The van der Waals surface area contributed by atoms with Crippen molar-refractivity contribution in [1.29, 1.82) is 0 Å². The van der Waals surface area contributed by atoms with Crippen molar-refractivity contribution in [2.45, 2.75) is 50.2 Å². The number of carbonyl (C=O) groups excluding carboxylic acids is 1. The van der Waals surface area contributed by atoms with Crippen LogP contribution in [0, 0.1) is 17.8 Å². The molecular formula is C21H28N2O2. The van der Waals surface area contributed by atoms with Gasteiger partial charge in [0.15, 0.2) is 0 Å². The molecule has 4 aliphatic carbocycles. The summed E-state index contributed by atoms with van der Waals surface area (Å²) in [6.07, 6.45) is 7.83. The quantitative estimate of drug-likeness (QED) is 0.891. The molecule has 4 saturated carbocycles. The Balaban J connectivity index is 1.27. The molecule has 25 heavy (non-hydrogen) atoms. The van der Waals surface area contributed by atoms with E-state index in [-0.39, 0.29) is 17.7 Å². The number of hydrogen-bond donors (Lipinski definition) is 1. The minimum Gasteiger partial charge on any atom is -0.370 e. The van der Waals surface area contributed by atoms with Crippen LogP contribution in [-0.4, -0.2) is 36.2 Å². The predicted molar refractivity (Wildman–Crippen MR) is 96.1 cm³/mol. The Hall–Kier alpha value is -1.55. The second-order valence-electron chi connectivity index (χ2n) is 8.84. The fourth-order valence-corrected chi connectivity index (χ4v) is 6.27. The molecule has 5 fully saturated rings. The van der Waals surface area contributed by atoms with E-state index in [0.717, 1.165) is 23.3 Å². The van der Waals surface area contributed by atoms with Crippen molar-refractivity contribution in [1.82, 2.24) is 10.2 Å². The summed E-state index contributed by atoms with van der Waals surface area (Å²) in [7, 11) is 0. The third-order valence-electron chi connectivity index (χ3n) is 6.94. The molecule has 1 aromatic rings. The van der Waals surface area contributed by atoms with Crippen LogP contribution in [0.15, 0.2) is 30.3 Å². The zero-order valence-corrected chi connectivity index (χ0v) is 14.8. The highest BCUT2D eigenvalue weighted by Crippen LogP contribution is 2.55. The molecule has 4 heteroatoms. The number of morpholine rings is 1. The number of urea groups is 1. The van der Waals surface area contributed by atoms with E-state index in [4.69, 9.17) is 4.74 Å². The Bertz CT molecular complexity index is 609. The molecular weight excluding hydrogens is 312 g/mol. The molecule has 2 amide bonds. The van der Waals surface area contributed by atoms with Crippen molar-refractivity contribution in [3.05, 3.63) is 35.9 Å². The molecule has 0 spiro atoms. The Morgan fingerprint density at radius 3 is 2.32 bits per heavy atom. The first-order valence-corrected chi connectivity index (χ1v) is 9.93. The van der Waals surface area contributed by atoms with E-state index in [2.05, 4.69) is 17.4 Å². The summed E-state index contributed by atoms with van der Waals surface area (Å²) in [5.41, 5.74) is 1.25. The standard InChI is InChI=1S/C21H28N2O2/c24-20(22-21-11-15-8-16(12-21)10-17(9-15)13-21)23-6-7-25-19(14-23)18-4-2-1-3-5-18/h1-5,15-17,19H,6-14H2,(H,22,24). The Morgan fingerprint density at radius 2 is 1.68 bits per heavy atom. The first-order valence-electron chi connectivity index (χ1n) is 9.93. The zero-order chi connectivity index (χ0) is 16.9. The average molecular weight is 340 g/mol. The summed E-state index contributed by atoms with van der Waals surface area (Å²) in [5, 5.41) is 3.50. The van der Waals surface area contributed by atoms with Crippen LogP contribution < -0.4 is 5.32 Å². The van der Waals surface area contributed by atoms with Crippen molar-refractivity contribution in [3.8, 4) is 0 Å². The molecule has 4 bridgehead atoms. The van der Waals surface area contributed by atoms with Gasteiger partial charge in [-0.25, -0.2) is 4.79 Å². The van der Waals surface area contributed by atoms with Gasteiger partial charge in [0.1, 0.15) is 6.10 Å². The highest BCUT2D eigenvalue weighted by atomic mass is 16.5. The van der Waals surface area contributed by atoms with Gasteiger partial charge in [0, 0.05) is 12.1 Å². The second-order valence-corrected chi connectivity index (χ2v) is 8.84. The van der Waals surface area contributed by atoms with Gasteiger partial charge in [-0.2, -0.15) is 0 Å². The van der Waals surface area contributed by atoms with Gasteiger partial charge in [-0.1, -0.05) is 30.3 Å². The van der Waals surface area contributed by atoms with Crippen LogP contribution in [0.2, 0.25) is 0 Å². The molecule has 1 unspecified atom stereocenters. The van der Waals surface area contributed by atoms with E-state index in [1.54, 1.807) is 0 Å². The number of ether oxygens (including phenoxy) is 1. The highest BCUT2D eigenvalue weighted by Gasteiger charge is 2.51. The number of rotatable bonds is 2. The largest absolute Gasteiger partial charge is 0.370 e. The third-order valence-corrected chi connectivity index (χ3v) is 6.94. The monoisotopic (exact) mass is 340 g/mol. The number of amides is 2. The Morgan fingerprint density at radius 1 is 1.04 bits per heavy atom. The summed E-state index contributed by atoms with van der Waals surface area (Å²) < 4.78 is 5.92. The lowest BCUT2D eigenvalue weighted by atomic mass is 9.53. The fraction of sp³-hybridized carbons (Fsp3) is 0.667. The van der Waals surface area contributed by atoms with Gasteiger partial charge >= 0.3 is 6.03 Å². The van der Waals surface area contributed by atoms with Crippen LogP contribution in [0.1, 0.15) is 50.2 Å². The molecule has 1 aliphatic heterocycles. The van der Waals surface area contributed by atoms with Crippen LogP contribution >= 0.6 is 0 Å². The molecule has 134 valence electrons. The van der Waals surface area contributed by atoms with Crippen LogP contribution in [0.3, 0.4) is 0 Å². The highest BCUT2D eigenvalue weighted by molar-refractivity contribution is 5.75. The first-order chi connectivity index (χ1) is 12.2. The Labute approximate surface area is 149 Å². The molecule has 0 aromatic heterocycles. The predicted octanol–water partition coefficient (Wildman–Crippen LogP) is 3.74. The molecule has 1 aromatic carbocycles. The molecule has 0 radical (unpaired) electrons. The maximum atomic E-state index is 13.0. The average Bonchev–Trinajstić information content (AvgIpc) is 2.61. The number of nitrogens with one attached hydrogen (secondary N) is 1. The van der Waals surface area contributed by atoms with Crippen LogP contribution in [0.5, 0.6) is 0 Å². The van der Waals surface area contributed by atoms with Crippen molar-refractivity contribution in [2.24, 2.45) is 17.8 Å². The van der Waals surface area contributed by atoms with Crippen molar-refractivity contribution in [3.63, 3.8) is 0 Å². The summed E-state index contributed by atoms with van der Waals surface area (Å²) in [6.45, 7) is 1.97. The van der Waals surface area contributed by atoms with E-state index in [1.165, 1.54) is 38.5 Å². The van der Waals surface area contributed by atoms with E-state index >= 15 is 0 Å². The number of hydrogen-bond acceptors (Lipinski definition) is 2. The van der Waals surface area contributed by atoms with Gasteiger partial charge in [0.25, 0.3) is 0 Å². The van der Waals surface area contributed by atoms with Gasteiger partial charge in [-0.3, -0.25) is 0 Å². The lowest BCUT2D eigenvalue weighted by Crippen LogP contribution is -2.62. The van der Waals surface area contributed by atoms with Gasteiger partial charge in [-0.05, 0) is 61.8 Å². The second kappa shape index (κ2) is 6.01. The van der Waals surface area contributed by atoms with Gasteiger partial charge in [0.05, 0.1) is 13.2 Å². The summed E-state index contributed by atoms with van der Waals surface area (Å²) in [5.74, 6) is 2.56. The number of nitrogens with zero attached hydrogens (tertiary/aromatic N) is 1. The summed E-state index contributed by atoms with van der Waals surface area (Å²) in [4.78, 5) is 15.0. The SMILES string of the molecule is O=C(NC12CC3CC(CC(C3)C1)C2)N1CCOC(c2ccccc2)C1. The normalized spacial score (nSPS) is 39.4. The smallest absolute Gasteiger partial charge is 0.318 e. The van der Waals surface area contributed by atoms with Gasteiger partial charge < -0.3 is 15.0 Å². The molecule has 5 aliphatic rings. The van der Waals surface area contributed by atoms with Crippen LogP contribution in [0.4, 0.5) is 4.79 Å². The minimum atomic E-state index is -0.00272. The molecule has 1 atom stereocenters. The van der Waals surface area contributed by atoms with Crippen molar-refractivity contribution in [2.75, 3.05) is 19.7 Å². The van der Waals surface area contributed by atoms with Crippen molar-refractivity contribution >= 4 is 6.03 Å². The number of carbonyl (C=O) groups is 1. The zero-order valence-electron chi connectivity index (χ0n) is 14.8. The van der Waals surface area contributed by atoms with Gasteiger partial charge in [-0.15, -0.1) is 0 Å². The number of benzene rings is 1. The topological polar surface area (TPSA) is 41.6 Å². The van der Waals surface area contributed by atoms with E-state index in [1.807, 2.05) is 23.1 Å². The summed E-state index contributed by atoms with van der Waals surface area (Å²) >= 11 is 0. The molecule has 1 N–H and O–H groups in total. The third kappa shape index (κ3) is 2.95. The fourth-order valence-electron chi connectivity index (χ4n) is 6.27. The van der Waals surface area contributed by atoms with Gasteiger partial charge in [0.2, 0.25) is 0 Å². The molecule has 4 nitrogen and oxygen atoms in total. The molecule has 1 saturated heterocycles. The molecule has 6 rings (SSSR count). The maximum Gasteiger partial charge on any atom is 0.318 e. The van der Waals surface area contributed by atoms with E-state index < -0.39 is 0 Å². The van der Waals surface area contributed by atoms with Crippen LogP contribution in [-0.2, 0) is 4.74 Å². The first kappa shape index (κ1) is 15.7. The van der Waals surface area contributed by atoms with E-state index in [9.17, 15) is 4.79 Å². The summed E-state index contributed by atoms with van der Waals surface area (Å²) in [6, 6.07) is 10.4. The maximum absolute atomic E-state index is 13.0.